The smallest absolute Gasteiger partial charge is 0.274 e. The Morgan fingerprint density at radius 3 is 2.87 bits per heavy atom. The molecule has 0 saturated heterocycles. The molecular formula is C17H21N3O3. The molecule has 122 valence electrons. The molecule has 2 N–H and O–H groups in total. The standard InChI is InChI=1S/C17H21N3O3/c1-10-7-8-20-13(9-10)19-16(22)14(17(20)23)15(21)18-12-6-4-3-5-11(12)2/h7-9,11-12,22H,3-6H2,1-2H3,(H,18,21)/t11-,12+/m1/s1. The van der Waals surface area contributed by atoms with Crippen molar-refractivity contribution in [3.05, 3.63) is 39.8 Å². The Kier molecular flexibility index (Phi) is 4.07. The Hall–Kier alpha value is -2.37. The van der Waals surface area contributed by atoms with Gasteiger partial charge in [-0.1, -0.05) is 19.8 Å². The summed E-state index contributed by atoms with van der Waals surface area (Å²) < 4.78 is 1.28. The molecule has 2 heterocycles. The number of nitrogens with one attached hydrogen (secondary N) is 1. The summed E-state index contributed by atoms with van der Waals surface area (Å²) >= 11 is 0. The fourth-order valence-corrected chi connectivity index (χ4v) is 3.20. The van der Waals surface area contributed by atoms with E-state index in [4.69, 9.17) is 0 Å². The molecule has 2 aromatic heterocycles. The SMILES string of the molecule is Cc1ccn2c(=O)c(C(=O)N[C@H]3CCCC[C@H]3C)c(O)nc2c1. The van der Waals surface area contributed by atoms with Crippen molar-refractivity contribution in [2.45, 2.75) is 45.6 Å². The number of rotatable bonds is 2. The number of hydrogen-bond donors (Lipinski definition) is 2. The number of aromatic nitrogens is 2. The molecule has 1 amide bonds. The lowest BCUT2D eigenvalue weighted by Gasteiger charge is -2.29. The van der Waals surface area contributed by atoms with E-state index in [1.165, 1.54) is 10.8 Å². The number of pyridine rings is 1. The number of carbonyl (C=O) groups excluding carboxylic acids is 1. The minimum absolute atomic E-state index is 0.0359. The van der Waals surface area contributed by atoms with E-state index < -0.39 is 17.3 Å². The highest BCUT2D eigenvalue weighted by atomic mass is 16.3. The molecule has 6 heteroatoms. The van der Waals surface area contributed by atoms with Crippen LogP contribution in [0.1, 0.15) is 48.5 Å². The summed E-state index contributed by atoms with van der Waals surface area (Å²) in [4.78, 5) is 29.0. The monoisotopic (exact) mass is 315 g/mol. The van der Waals surface area contributed by atoms with Gasteiger partial charge in [-0.3, -0.25) is 14.0 Å². The van der Waals surface area contributed by atoms with Gasteiger partial charge >= 0.3 is 0 Å². The van der Waals surface area contributed by atoms with Gasteiger partial charge in [0.15, 0.2) is 5.56 Å². The van der Waals surface area contributed by atoms with E-state index >= 15 is 0 Å². The Balaban J connectivity index is 1.97. The van der Waals surface area contributed by atoms with E-state index in [0.717, 1.165) is 24.8 Å². The first-order chi connectivity index (χ1) is 11.0. The second-order valence-corrected chi connectivity index (χ2v) is 6.39. The lowest BCUT2D eigenvalue weighted by atomic mass is 9.86. The maximum atomic E-state index is 12.5. The van der Waals surface area contributed by atoms with E-state index in [2.05, 4.69) is 17.2 Å². The first kappa shape index (κ1) is 15.5. The van der Waals surface area contributed by atoms with Crippen molar-refractivity contribution >= 4 is 11.6 Å². The minimum atomic E-state index is -0.548. The third kappa shape index (κ3) is 2.93. The largest absolute Gasteiger partial charge is 0.493 e. The number of nitrogens with zero attached hydrogens (tertiary/aromatic N) is 2. The van der Waals surface area contributed by atoms with Crippen LogP contribution in [0, 0.1) is 12.8 Å². The zero-order valence-corrected chi connectivity index (χ0v) is 13.4. The van der Waals surface area contributed by atoms with Gasteiger partial charge < -0.3 is 10.4 Å². The molecule has 6 nitrogen and oxygen atoms in total. The summed E-state index contributed by atoms with van der Waals surface area (Å²) in [7, 11) is 0. The fraction of sp³-hybridized carbons (Fsp3) is 0.471. The average Bonchev–Trinajstić information content (AvgIpc) is 2.49. The van der Waals surface area contributed by atoms with Crippen LogP contribution in [0.3, 0.4) is 0 Å². The first-order valence-corrected chi connectivity index (χ1v) is 8.00. The molecule has 1 aliphatic carbocycles. The van der Waals surface area contributed by atoms with Crippen molar-refractivity contribution in [1.29, 1.82) is 0 Å². The van der Waals surface area contributed by atoms with Crippen molar-refractivity contribution in [2.75, 3.05) is 0 Å². The van der Waals surface area contributed by atoms with Gasteiger partial charge in [0.1, 0.15) is 5.65 Å². The molecular weight excluding hydrogens is 294 g/mol. The van der Waals surface area contributed by atoms with E-state index in [9.17, 15) is 14.7 Å². The van der Waals surface area contributed by atoms with Crippen LogP contribution in [0.25, 0.3) is 5.65 Å². The summed E-state index contributed by atoms with van der Waals surface area (Å²) in [5.41, 5.74) is 0.414. The van der Waals surface area contributed by atoms with Crippen LogP contribution >= 0.6 is 0 Å². The third-order valence-electron chi connectivity index (χ3n) is 4.62. The molecule has 2 aromatic rings. The van der Waals surface area contributed by atoms with Crippen molar-refractivity contribution < 1.29 is 9.90 Å². The Bertz CT molecular complexity index is 813. The van der Waals surface area contributed by atoms with Gasteiger partial charge in [0.05, 0.1) is 0 Å². The molecule has 0 unspecified atom stereocenters. The highest BCUT2D eigenvalue weighted by molar-refractivity contribution is 5.96. The second kappa shape index (κ2) is 6.02. The van der Waals surface area contributed by atoms with Gasteiger partial charge in [-0.15, -0.1) is 0 Å². The molecule has 1 saturated carbocycles. The molecule has 2 atom stereocenters. The van der Waals surface area contributed by atoms with Crippen molar-refractivity contribution in [1.82, 2.24) is 14.7 Å². The number of aryl methyl sites for hydroxylation is 1. The zero-order valence-electron chi connectivity index (χ0n) is 13.4. The topological polar surface area (TPSA) is 83.7 Å². The summed E-state index contributed by atoms with van der Waals surface area (Å²) in [6.07, 6.45) is 5.76. The second-order valence-electron chi connectivity index (χ2n) is 6.39. The maximum Gasteiger partial charge on any atom is 0.274 e. The number of hydrogen-bond acceptors (Lipinski definition) is 4. The van der Waals surface area contributed by atoms with E-state index in [-0.39, 0.29) is 11.6 Å². The molecule has 23 heavy (non-hydrogen) atoms. The molecule has 0 spiro atoms. The molecule has 0 aromatic carbocycles. The summed E-state index contributed by atoms with van der Waals surface area (Å²) in [6, 6.07) is 3.48. The van der Waals surface area contributed by atoms with E-state index in [1.54, 1.807) is 18.3 Å². The number of amides is 1. The predicted octanol–water partition coefficient (Wildman–Crippen LogP) is 2.02. The van der Waals surface area contributed by atoms with Gasteiger partial charge in [0, 0.05) is 12.2 Å². The van der Waals surface area contributed by atoms with Crippen LogP contribution < -0.4 is 10.9 Å². The average molecular weight is 315 g/mol. The number of aromatic hydroxyl groups is 1. The first-order valence-electron chi connectivity index (χ1n) is 8.00. The lowest BCUT2D eigenvalue weighted by Crippen LogP contribution is -2.43. The highest BCUT2D eigenvalue weighted by Gasteiger charge is 2.26. The van der Waals surface area contributed by atoms with Gasteiger partial charge in [-0.25, -0.2) is 0 Å². The third-order valence-corrected chi connectivity index (χ3v) is 4.62. The lowest BCUT2D eigenvalue weighted by molar-refractivity contribution is 0.0905. The van der Waals surface area contributed by atoms with Crippen LogP contribution in [0.4, 0.5) is 0 Å². The Labute approximate surface area is 134 Å². The molecule has 0 aliphatic heterocycles. The zero-order chi connectivity index (χ0) is 16.6. The number of fused-ring (bicyclic) bond motifs is 1. The molecule has 3 rings (SSSR count). The van der Waals surface area contributed by atoms with Crippen molar-refractivity contribution in [3.63, 3.8) is 0 Å². The molecule has 0 bridgehead atoms. The summed E-state index contributed by atoms with van der Waals surface area (Å²) in [5.74, 6) is -0.691. The van der Waals surface area contributed by atoms with Crippen LogP contribution in [-0.4, -0.2) is 26.4 Å². The maximum absolute atomic E-state index is 12.5. The number of carbonyl (C=O) groups is 1. The van der Waals surface area contributed by atoms with Crippen molar-refractivity contribution in [2.24, 2.45) is 5.92 Å². The quantitative estimate of drug-likeness (QED) is 0.888. The van der Waals surface area contributed by atoms with Gasteiger partial charge in [-0.05, 0) is 43.4 Å². The molecule has 0 radical (unpaired) electrons. The van der Waals surface area contributed by atoms with Crippen LogP contribution in [-0.2, 0) is 0 Å². The Morgan fingerprint density at radius 1 is 1.39 bits per heavy atom. The summed E-state index contributed by atoms with van der Waals surface area (Å²) in [6.45, 7) is 3.96. The Morgan fingerprint density at radius 2 is 2.13 bits per heavy atom. The molecule has 1 fully saturated rings. The minimum Gasteiger partial charge on any atom is -0.493 e. The van der Waals surface area contributed by atoms with E-state index in [0.29, 0.717) is 11.6 Å². The van der Waals surface area contributed by atoms with Gasteiger partial charge in [0.25, 0.3) is 11.5 Å². The van der Waals surface area contributed by atoms with Gasteiger partial charge in [0.2, 0.25) is 5.88 Å². The van der Waals surface area contributed by atoms with Crippen LogP contribution in [0.15, 0.2) is 23.1 Å². The van der Waals surface area contributed by atoms with Gasteiger partial charge in [-0.2, -0.15) is 4.98 Å². The van der Waals surface area contributed by atoms with Crippen molar-refractivity contribution in [3.8, 4) is 5.88 Å². The van der Waals surface area contributed by atoms with Crippen LogP contribution in [0.2, 0.25) is 0 Å². The fourth-order valence-electron chi connectivity index (χ4n) is 3.20. The van der Waals surface area contributed by atoms with Crippen LogP contribution in [0.5, 0.6) is 5.88 Å². The summed E-state index contributed by atoms with van der Waals surface area (Å²) in [5, 5.41) is 13.0. The highest BCUT2D eigenvalue weighted by Crippen LogP contribution is 2.24. The molecule has 1 aliphatic rings. The normalized spacial score (nSPS) is 21.3. The van der Waals surface area contributed by atoms with E-state index in [1.807, 2.05) is 6.92 Å². The predicted molar refractivity (Wildman–Crippen MR) is 86.8 cm³/mol.